The number of sulfonamides is 1. The maximum Gasteiger partial charge on any atom is 0.293 e. The van der Waals surface area contributed by atoms with Crippen molar-refractivity contribution in [2.75, 3.05) is 17.2 Å². The van der Waals surface area contributed by atoms with E-state index >= 15 is 0 Å². The fourth-order valence-electron chi connectivity index (χ4n) is 2.23. The minimum absolute atomic E-state index is 0.0122. The van der Waals surface area contributed by atoms with Gasteiger partial charge in [-0.2, -0.15) is 0 Å². The van der Waals surface area contributed by atoms with Crippen molar-refractivity contribution in [1.29, 1.82) is 0 Å². The Balaban J connectivity index is 2.02. The Bertz CT molecular complexity index is 994. The molecule has 0 heterocycles. The molecule has 27 heavy (non-hydrogen) atoms. The number of amides is 1. The monoisotopic (exact) mass is 412 g/mol. The number of nitrogens with zero attached hydrogens (tertiary/aromatic N) is 1. The second kappa shape index (κ2) is 8.33. The second-order valence-corrected chi connectivity index (χ2v) is 7.66. The number of hydrogen-bond donors (Lipinski definition) is 3. The van der Waals surface area contributed by atoms with Gasteiger partial charge in [0.05, 0.1) is 20.5 Å². The molecule has 0 fully saturated rings. The number of nitrogens with one attached hydrogen (secondary N) is 2. The van der Waals surface area contributed by atoms with Gasteiger partial charge in [0.25, 0.3) is 5.69 Å². The number of hydrogen-bond acceptors (Lipinski definition) is 6. The Morgan fingerprint density at radius 1 is 1.22 bits per heavy atom. The van der Waals surface area contributed by atoms with Crippen molar-refractivity contribution in [3.8, 4) is 0 Å². The number of nitro benzene ring substituents is 1. The SMILES string of the molecule is Cc1ccc(NC(=O)CCNc2ccc(S(N)(=O)=O)cc2[N+](=O)[O-])c(Cl)c1. The van der Waals surface area contributed by atoms with Crippen molar-refractivity contribution in [2.24, 2.45) is 5.14 Å². The van der Waals surface area contributed by atoms with E-state index < -0.39 is 20.6 Å². The summed E-state index contributed by atoms with van der Waals surface area (Å²) in [4.78, 5) is 22.0. The normalized spacial score (nSPS) is 11.1. The largest absolute Gasteiger partial charge is 0.379 e. The van der Waals surface area contributed by atoms with Crippen molar-refractivity contribution in [2.45, 2.75) is 18.2 Å². The van der Waals surface area contributed by atoms with Gasteiger partial charge in [0.15, 0.2) is 0 Å². The highest BCUT2D eigenvalue weighted by Gasteiger charge is 2.19. The average Bonchev–Trinajstić information content (AvgIpc) is 2.56. The number of nitro groups is 1. The zero-order chi connectivity index (χ0) is 20.2. The number of carbonyl (C=O) groups excluding carboxylic acids is 1. The first-order chi connectivity index (χ1) is 12.6. The molecular weight excluding hydrogens is 396 g/mol. The molecule has 0 saturated heterocycles. The lowest BCUT2D eigenvalue weighted by Crippen LogP contribution is -2.17. The van der Waals surface area contributed by atoms with E-state index in [0.29, 0.717) is 10.7 Å². The molecule has 2 aromatic rings. The fourth-order valence-corrected chi connectivity index (χ4v) is 3.05. The first kappa shape index (κ1) is 20.6. The molecule has 0 saturated carbocycles. The topological polar surface area (TPSA) is 144 Å². The summed E-state index contributed by atoms with van der Waals surface area (Å²) in [5.41, 5.74) is 1.04. The Kier molecular flexibility index (Phi) is 6.37. The van der Waals surface area contributed by atoms with Crippen molar-refractivity contribution < 1.29 is 18.1 Å². The number of rotatable bonds is 7. The van der Waals surface area contributed by atoms with Crippen LogP contribution in [-0.2, 0) is 14.8 Å². The number of carbonyl (C=O) groups is 1. The number of nitrogens with two attached hydrogens (primary N) is 1. The molecule has 0 radical (unpaired) electrons. The molecule has 0 aliphatic carbocycles. The van der Waals surface area contributed by atoms with Crippen LogP contribution in [-0.4, -0.2) is 25.8 Å². The highest BCUT2D eigenvalue weighted by Crippen LogP contribution is 2.27. The number of anilines is 2. The molecule has 0 unspecified atom stereocenters. The van der Waals surface area contributed by atoms with E-state index in [-0.39, 0.29) is 29.5 Å². The molecule has 2 aromatic carbocycles. The van der Waals surface area contributed by atoms with Gasteiger partial charge >= 0.3 is 0 Å². The quantitative estimate of drug-likeness (QED) is 0.470. The maximum absolute atomic E-state index is 12.0. The maximum atomic E-state index is 12.0. The highest BCUT2D eigenvalue weighted by molar-refractivity contribution is 7.89. The molecule has 0 aromatic heterocycles. The minimum atomic E-state index is -4.06. The molecule has 2 rings (SSSR count). The molecule has 0 spiro atoms. The van der Waals surface area contributed by atoms with Crippen LogP contribution in [0.1, 0.15) is 12.0 Å². The predicted molar refractivity (Wildman–Crippen MR) is 102 cm³/mol. The first-order valence-electron chi connectivity index (χ1n) is 7.69. The molecule has 4 N–H and O–H groups in total. The van der Waals surface area contributed by atoms with Crippen molar-refractivity contribution in [3.05, 3.63) is 57.1 Å². The predicted octanol–water partition coefficient (Wildman–Crippen LogP) is 2.64. The van der Waals surface area contributed by atoms with Crippen molar-refractivity contribution in [1.82, 2.24) is 0 Å². The molecule has 11 heteroatoms. The summed E-state index contributed by atoms with van der Waals surface area (Å²) in [5.74, 6) is -0.336. The van der Waals surface area contributed by atoms with Crippen molar-refractivity contribution in [3.63, 3.8) is 0 Å². The van der Waals surface area contributed by atoms with Crippen LogP contribution in [0.4, 0.5) is 17.1 Å². The van der Waals surface area contributed by atoms with Gasteiger partial charge in [-0.25, -0.2) is 13.6 Å². The molecule has 0 atom stereocenters. The van der Waals surface area contributed by atoms with Crippen LogP contribution in [0.5, 0.6) is 0 Å². The van der Waals surface area contributed by atoms with Gasteiger partial charge in [-0.15, -0.1) is 0 Å². The second-order valence-electron chi connectivity index (χ2n) is 5.69. The average molecular weight is 413 g/mol. The van der Waals surface area contributed by atoms with E-state index in [1.807, 2.05) is 6.92 Å². The third kappa shape index (κ3) is 5.64. The highest BCUT2D eigenvalue weighted by atomic mass is 35.5. The van der Waals surface area contributed by atoms with Crippen LogP contribution in [0, 0.1) is 17.0 Å². The van der Waals surface area contributed by atoms with Crippen LogP contribution in [0.3, 0.4) is 0 Å². The summed E-state index contributed by atoms with van der Waals surface area (Å²) in [7, 11) is -4.06. The third-order valence-corrected chi connectivity index (χ3v) is 4.78. The van der Waals surface area contributed by atoms with E-state index in [2.05, 4.69) is 10.6 Å². The Morgan fingerprint density at radius 2 is 1.89 bits per heavy atom. The van der Waals surface area contributed by atoms with Gasteiger partial charge in [0, 0.05) is 19.0 Å². The lowest BCUT2D eigenvalue weighted by molar-refractivity contribution is -0.384. The summed E-state index contributed by atoms with van der Waals surface area (Å²) in [5, 5.41) is 21.9. The van der Waals surface area contributed by atoms with E-state index in [9.17, 15) is 23.3 Å². The molecular formula is C16H17ClN4O5S. The van der Waals surface area contributed by atoms with Gasteiger partial charge in [0.1, 0.15) is 5.69 Å². The van der Waals surface area contributed by atoms with E-state index in [1.54, 1.807) is 18.2 Å². The Labute approximate surface area is 160 Å². The van der Waals surface area contributed by atoms with E-state index in [4.69, 9.17) is 16.7 Å². The number of aryl methyl sites for hydroxylation is 1. The van der Waals surface area contributed by atoms with Gasteiger partial charge in [-0.1, -0.05) is 17.7 Å². The molecule has 1 amide bonds. The van der Waals surface area contributed by atoms with Crippen LogP contribution < -0.4 is 15.8 Å². The zero-order valence-electron chi connectivity index (χ0n) is 14.2. The molecule has 0 aliphatic rings. The lowest BCUT2D eigenvalue weighted by atomic mass is 10.2. The van der Waals surface area contributed by atoms with Crippen molar-refractivity contribution >= 4 is 44.6 Å². The van der Waals surface area contributed by atoms with Gasteiger partial charge in [0.2, 0.25) is 15.9 Å². The summed E-state index contributed by atoms with van der Waals surface area (Å²) in [6.45, 7) is 1.96. The molecule has 144 valence electrons. The van der Waals surface area contributed by atoms with Gasteiger partial charge in [-0.05, 0) is 36.8 Å². The van der Waals surface area contributed by atoms with E-state index in [0.717, 1.165) is 17.7 Å². The number of halogens is 1. The van der Waals surface area contributed by atoms with Gasteiger partial charge < -0.3 is 10.6 Å². The summed E-state index contributed by atoms with van der Waals surface area (Å²) < 4.78 is 22.6. The van der Waals surface area contributed by atoms with Crippen LogP contribution in [0.25, 0.3) is 0 Å². The summed E-state index contributed by atoms with van der Waals surface area (Å²) >= 11 is 6.05. The number of benzene rings is 2. The smallest absolute Gasteiger partial charge is 0.293 e. The first-order valence-corrected chi connectivity index (χ1v) is 9.61. The van der Waals surface area contributed by atoms with Crippen LogP contribution in [0.2, 0.25) is 5.02 Å². The lowest BCUT2D eigenvalue weighted by Gasteiger charge is -2.10. The molecule has 0 bridgehead atoms. The number of primary sulfonamides is 1. The Hall–Kier alpha value is -2.69. The molecule has 9 nitrogen and oxygen atoms in total. The summed E-state index contributed by atoms with van der Waals surface area (Å²) in [6, 6.07) is 8.44. The fraction of sp³-hybridized carbons (Fsp3) is 0.188. The molecule has 0 aliphatic heterocycles. The Morgan fingerprint density at radius 3 is 2.48 bits per heavy atom. The standard InChI is InChI=1S/C16H17ClN4O5S/c1-10-2-4-13(12(17)8-10)20-16(22)6-7-19-14-5-3-11(27(18,25)26)9-15(14)21(23)24/h2-5,8-9,19H,6-7H2,1H3,(H,20,22)(H2,18,25,26). The minimum Gasteiger partial charge on any atom is -0.379 e. The third-order valence-electron chi connectivity index (χ3n) is 3.56. The van der Waals surface area contributed by atoms with Gasteiger partial charge in [-0.3, -0.25) is 14.9 Å². The van der Waals surface area contributed by atoms with Crippen LogP contribution in [0.15, 0.2) is 41.3 Å². The zero-order valence-corrected chi connectivity index (χ0v) is 15.8. The van der Waals surface area contributed by atoms with E-state index in [1.165, 1.54) is 6.07 Å². The van der Waals surface area contributed by atoms with Crippen LogP contribution >= 0.6 is 11.6 Å². The summed E-state index contributed by atoms with van der Waals surface area (Å²) in [6.07, 6.45) is 0.0122.